The normalized spacial score (nSPS) is 13.6. The molecule has 8 nitrogen and oxygen atoms in total. The molecule has 4 rings (SSSR count). The Bertz CT molecular complexity index is 1230. The zero-order chi connectivity index (χ0) is 22.7. The van der Waals surface area contributed by atoms with E-state index in [0.717, 1.165) is 17.7 Å². The number of sulfonamides is 1. The van der Waals surface area contributed by atoms with Crippen molar-refractivity contribution >= 4 is 43.7 Å². The summed E-state index contributed by atoms with van der Waals surface area (Å²) in [5.74, 6) is 0.612. The minimum atomic E-state index is -3.79. The van der Waals surface area contributed by atoms with Crippen molar-refractivity contribution in [2.75, 3.05) is 25.1 Å². The SMILES string of the molecule is Cc1cc(-c2csc(NC(=O)CCNS(=O)(=O)c3ccc4c(c3)OCCCO4)n2)c(C)s1. The van der Waals surface area contributed by atoms with Gasteiger partial charge in [-0.1, -0.05) is 0 Å². The second-order valence-electron chi connectivity index (χ2n) is 7.22. The zero-order valence-electron chi connectivity index (χ0n) is 17.6. The number of anilines is 1. The molecule has 170 valence electrons. The monoisotopic (exact) mass is 493 g/mol. The van der Waals surface area contributed by atoms with Gasteiger partial charge in [0, 0.05) is 46.2 Å². The molecule has 2 aromatic heterocycles. The smallest absolute Gasteiger partial charge is 0.240 e. The molecule has 0 atom stereocenters. The van der Waals surface area contributed by atoms with E-state index in [2.05, 4.69) is 21.1 Å². The fourth-order valence-electron chi connectivity index (χ4n) is 3.21. The predicted octanol–water partition coefficient (Wildman–Crippen LogP) is 3.96. The van der Waals surface area contributed by atoms with E-state index in [1.807, 2.05) is 19.2 Å². The molecule has 0 fully saturated rings. The number of thiazole rings is 1. The lowest BCUT2D eigenvalue weighted by Crippen LogP contribution is -2.27. The van der Waals surface area contributed by atoms with Crippen molar-refractivity contribution in [1.82, 2.24) is 9.71 Å². The van der Waals surface area contributed by atoms with Crippen LogP contribution in [0.3, 0.4) is 0 Å². The van der Waals surface area contributed by atoms with Crippen molar-refractivity contribution in [1.29, 1.82) is 0 Å². The molecule has 0 saturated heterocycles. The lowest BCUT2D eigenvalue weighted by Gasteiger charge is -2.10. The molecule has 0 spiro atoms. The highest BCUT2D eigenvalue weighted by atomic mass is 32.2. The molecular weight excluding hydrogens is 470 g/mol. The number of ether oxygens (including phenoxy) is 2. The number of aryl methyl sites for hydroxylation is 2. The predicted molar refractivity (Wildman–Crippen MR) is 125 cm³/mol. The van der Waals surface area contributed by atoms with E-state index in [9.17, 15) is 13.2 Å². The maximum atomic E-state index is 12.6. The quantitative estimate of drug-likeness (QED) is 0.516. The van der Waals surface area contributed by atoms with E-state index in [-0.39, 0.29) is 23.8 Å². The van der Waals surface area contributed by atoms with Crippen LogP contribution in [0.4, 0.5) is 5.13 Å². The molecule has 1 aliphatic rings. The van der Waals surface area contributed by atoms with Crippen LogP contribution in [0.2, 0.25) is 0 Å². The van der Waals surface area contributed by atoms with Crippen LogP contribution in [-0.4, -0.2) is 39.1 Å². The Hall–Kier alpha value is -2.47. The van der Waals surface area contributed by atoms with E-state index in [1.54, 1.807) is 17.4 Å². The van der Waals surface area contributed by atoms with Crippen LogP contribution in [0.1, 0.15) is 22.6 Å². The number of carbonyl (C=O) groups is 1. The Morgan fingerprint density at radius 2 is 1.94 bits per heavy atom. The topological polar surface area (TPSA) is 107 Å². The fourth-order valence-corrected chi connectivity index (χ4v) is 5.92. The van der Waals surface area contributed by atoms with Crippen molar-refractivity contribution in [3.8, 4) is 22.8 Å². The summed E-state index contributed by atoms with van der Waals surface area (Å²) < 4.78 is 38.7. The van der Waals surface area contributed by atoms with Gasteiger partial charge in [0.2, 0.25) is 15.9 Å². The molecule has 3 heterocycles. The summed E-state index contributed by atoms with van der Waals surface area (Å²) in [4.78, 5) is 19.2. The number of nitrogens with zero attached hydrogens (tertiary/aromatic N) is 1. The van der Waals surface area contributed by atoms with Crippen LogP contribution in [0.15, 0.2) is 34.5 Å². The average molecular weight is 494 g/mol. The standard InChI is InChI=1S/C21H23N3O5S3/c1-13-10-16(14(2)31-13)17-12-30-21(23-17)24-20(25)6-7-22-32(26,27)15-4-5-18-19(11-15)29-9-3-8-28-18/h4-5,10-12,22H,3,6-9H2,1-2H3,(H,23,24,25). The number of nitrogens with one attached hydrogen (secondary N) is 2. The molecule has 32 heavy (non-hydrogen) atoms. The van der Waals surface area contributed by atoms with E-state index in [0.29, 0.717) is 29.8 Å². The molecule has 11 heteroatoms. The van der Waals surface area contributed by atoms with Crippen LogP contribution in [-0.2, 0) is 14.8 Å². The highest BCUT2D eigenvalue weighted by molar-refractivity contribution is 7.89. The largest absolute Gasteiger partial charge is 0.490 e. The Morgan fingerprint density at radius 1 is 1.16 bits per heavy atom. The number of fused-ring (bicyclic) bond motifs is 1. The van der Waals surface area contributed by atoms with Gasteiger partial charge in [-0.05, 0) is 32.0 Å². The van der Waals surface area contributed by atoms with E-state index >= 15 is 0 Å². The van der Waals surface area contributed by atoms with Crippen LogP contribution in [0.25, 0.3) is 11.3 Å². The third kappa shape index (κ3) is 5.29. The molecule has 1 aliphatic heterocycles. The number of benzene rings is 1. The van der Waals surface area contributed by atoms with Gasteiger partial charge in [-0.25, -0.2) is 18.1 Å². The Balaban J connectivity index is 1.32. The Kier molecular flexibility index (Phi) is 6.79. The summed E-state index contributed by atoms with van der Waals surface area (Å²) >= 11 is 3.04. The van der Waals surface area contributed by atoms with Gasteiger partial charge >= 0.3 is 0 Å². The summed E-state index contributed by atoms with van der Waals surface area (Å²) in [5.41, 5.74) is 1.88. The van der Waals surface area contributed by atoms with Gasteiger partial charge in [-0.2, -0.15) is 0 Å². The van der Waals surface area contributed by atoms with E-state index in [4.69, 9.17) is 9.47 Å². The minimum Gasteiger partial charge on any atom is -0.490 e. The first-order valence-corrected chi connectivity index (χ1v) is 13.2. The highest BCUT2D eigenvalue weighted by Gasteiger charge is 2.19. The Labute approximate surface area is 194 Å². The highest BCUT2D eigenvalue weighted by Crippen LogP contribution is 2.33. The van der Waals surface area contributed by atoms with Crippen molar-refractivity contribution < 1.29 is 22.7 Å². The molecule has 3 aromatic rings. The van der Waals surface area contributed by atoms with E-state index < -0.39 is 10.0 Å². The number of thiophene rings is 1. The van der Waals surface area contributed by atoms with Crippen LogP contribution in [0.5, 0.6) is 11.5 Å². The molecule has 0 unspecified atom stereocenters. The molecule has 0 bridgehead atoms. The molecule has 1 aromatic carbocycles. The second-order valence-corrected chi connectivity index (χ2v) is 11.3. The molecule has 0 saturated carbocycles. The molecule has 0 radical (unpaired) electrons. The molecular formula is C21H23N3O5S3. The first-order chi connectivity index (χ1) is 15.3. The van der Waals surface area contributed by atoms with Crippen molar-refractivity contribution in [3.05, 3.63) is 39.4 Å². The third-order valence-electron chi connectivity index (χ3n) is 4.74. The average Bonchev–Trinajstić information content (AvgIpc) is 3.24. The lowest BCUT2D eigenvalue weighted by atomic mass is 10.2. The first kappa shape index (κ1) is 22.7. The molecule has 1 amide bonds. The fraction of sp³-hybridized carbons (Fsp3) is 0.333. The first-order valence-electron chi connectivity index (χ1n) is 10.0. The molecule has 0 aliphatic carbocycles. The maximum absolute atomic E-state index is 12.6. The maximum Gasteiger partial charge on any atom is 0.240 e. The lowest BCUT2D eigenvalue weighted by molar-refractivity contribution is -0.116. The van der Waals surface area contributed by atoms with Crippen molar-refractivity contribution in [2.24, 2.45) is 0 Å². The van der Waals surface area contributed by atoms with Gasteiger partial charge in [0.25, 0.3) is 0 Å². The second kappa shape index (κ2) is 9.57. The van der Waals surface area contributed by atoms with E-state index in [1.165, 1.54) is 33.2 Å². The summed E-state index contributed by atoms with van der Waals surface area (Å²) in [6.07, 6.45) is 0.715. The van der Waals surface area contributed by atoms with Gasteiger partial charge in [-0.3, -0.25) is 4.79 Å². The third-order valence-corrected chi connectivity index (χ3v) is 7.92. The number of amides is 1. The summed E-state index contributed by atoms with van der Waals surface area (Å²) in [6.45, 7) is 5.04. The summed E-state index contributed by atoms with van der Waals surface area (Å²) in [7, 11) is -3.79. The number of hydrogen-bond donors (Lipinski definition) is 2. The number of carbonyl (C=O) groups excluding carboxylic acids is 1. The van der Waals surface area contributed by atoms with Gasteiger partial charge in [0.15, 0.2) is 16.6 Å². The van der Waals surface area contributed by atoms with Crippen LogP contribution >= 0.6 is 22.7 Å². The number of rotatable bonds is 7. The van der Waals surface area contributed by atoms with Crippen LogP contribution in [0, 0.1) is 13.8 Å². The summed E-state index contributed by atoms with van der Waals surface area (Å²) in [5, 5.41) is 5.12. The number of aromatic nitrogens is 1. The van der Waals surface area contributed by atoms with Gasteiger partial charge in [-0.15, -0.1) is 22.7 Å². The van der Waals surface area contributed by atoms with Crippen molar-refractivity contribution in [2.45, 2.75) is 31.6 Å². The van der Waals surface area contributed by atoms with Crippen LogP contribution < -0.4 is 19.5 Å². The van der Waals surface area contributed by atoms with Crippen molar-refractivity contribution in [3.63, 3.8) is 0 Å². The zero-order valence-corrected chi connectivity index (χ0v) is 20.1. The van der Waals surface area contributed by atoms with Gasteiger partial charge in [0.1, 0.15) is 0 Å². The van der Waals surface area contributed by atoms with Gasteiger partial charge < -0.3 is 14.8 Å². The Morgan fingerprint density at radius 3 is 2.69 bits per heavy atom. The molecule has 2 N–H and O–H groups in total. The minimum absolute atomic E-state index is 0.0186. The summed E-state index contributed by atoms with van der Waals surface area (Å²) in [6, 6.07) is 6.56. The van der Waals surface area contributed by atoms with Gasteiger partial charge in [0.05, 0.1) is 23.8 Å². The number of hydrogen-bond acceptors (Lipinski definition) is 8.